The maximum Gasteiger partial charge on any atom is 0.331 e. The van der Waals surface area contributed by atoms with Gasteiger partial charge in [0.05, 0.1) is 33.1 Å². The zero-order chi connectivity index (χ0) is 16.6. The Balaban J connectivity index is 2.36. The minimum absolute atomic E-state index is 0.187. The van der Waals surface area contributed by atoms with Gasteiger partial charge in [-0.1, -0.05) is 36.4 Å². The fourth-order valence-electron chi connectivity index (χ4n) is 2.66. The molecule has 0 saturated carbocycles. The van der Waals surface area contributed by atoms with Gasteiger partial charge in [0.15, 0.2) is 0 Å². The van der Waals surface area contributed by atoms with Gasteiger partial charge in [0.1, 0.15) is 0 Å². The van der Waals surface area contributed by atoms with E-state index in [2.05, 4.69) is 0 Å². The third-order valence-corrected chi connectivity index (χ3v) is 4.80. The van der Waals surface area contributed by atoms with Crippen LogP contribution in [-0.2, 0) is 24.4 Å². The van der Waals surface area contributed by atoms with Crippen molar-refractivity contribution in [2.75, 3.05) is 6.26 Å². The molecule has 0 aliphatic heterocycles. The monoisotopic (exact) mass is 328 g/mol. The van der Waals surface area contributed by atoms with Crippen LogP contribution in [-0.4, -0.2) is 19.6 Å². The predicted octanol–water partition coefficient (Wildman–Crippen LogP) is 1.49. The number of hydrogen-bond donors (Lipinski definition) is 0. The normalized spacial score (nSPS) is 12.4. The van der Waals surface area contributed by atoms with Crippen LogP contribution in [0.25, 0.3) is 10.9 Å². The van der Waals surface area contributed by atoms with E-state index in [-0.39, 0.29) is 12.2 Å². The van der Waals surface area contributed by atoms with Gasteiger partial charge >= 0.3 is 5.69 Å². The summed E-state index contributed by atoms with van der Waals surface area (Å²) in [5.41, 5.74) is 0.571. The Morgan fingerprint density at radius 3 is 2.35 bits per heavy atom. The lowest BCUT2D eigenvalue weighted by Crippen LogP contribution is -2.39. The third-order valence-electron chi connectivity index (χ3n) is 3.84. The first-order chi connectivity index (χ1) is 11.0. The maximum atomic E-state index is 12.8. The highest BCUT2D eigenvalue weighted by atomic mass is 32.2. The first kappa shape index (κ1) is 15.4. The zero-order valence-electron chi connectivity index (χ0n) is 12.9. The van der Waals surface area contributed by atoms with Crippen LogP contribution in [0.5, 0.6) is 0 Å². The molecule has 0 spiro atoms. The Hall–Kier alpha value is -2.47. The Kier molecular flexibility index (Phi) is 4.00. The first-order valence-electron chi connectivity index (χ1n) is 7.10. The van der Waals surface area contributed by atoms with E-state index in [1.165, 1.54) is 15.4 Å². The Bertz CT molecular complexity index is 1020. The Labute approximate surface area is 135 Å². The molecule has 23 heavy (non-hydrogen) atoms. The largest absolute Gasteiger partial charge is 0.331 e. The molecule has 1 unspecified atom stereocenters. The summed E-state index contributed by atoms with van der Waals surface area (Å²) in [5.74, 6) is 0. The van der Waals surface area contributed by atoms with Crippen LogP contribution >= 0.6 is 0 Å². The smallest absolute Gasteiger partial charge is 0.296 e. The van der Waals surface area contributed by atoms with Gasteiger partial charge in [-0.05, 0) is 17.7 Å². The molecule has 6 heteroatoms. The van der Waals surface area contributed by atoms with Crippen molar-refractivity contribution in [2.45, 2.75) is 11.4 Å². The summed E-state index contributed by atoms with van der Waals surface area (Å²) >= 11 is 0. The number of benzene rings is 2. The van der Waals surface area contributed by atoms with E-state index in [1.807, 2.05) is 30.3 Å². The van der Waals surface area contributed by atoms with Crippen molar-refractivity contribution in [1.82, 2.24) is 9.13 Å². The molecule has 0 saturated heterocycles. The Morgan fingerprint density at radius 1 is 1.00 bits per heavy atom. The minimum atomic E-state index is -1.31. The summed E-state index contributed by atoms with van der Waals surface area (Å²) < 4.78 is 14.6. The van der Waals surface area contributed by atoms with Gasteiger partial charge in [-0.15, -0.1) is 0 Å². The number of rotatable bonds is 3. The third kappa shape index (κ3) is 2.66. The predicted molar refractivity (Wildman–Crippen MR) is 91.3 cm³/mol. The maximum absolute atomic E-state index is 12.8. The molecule has 0 N–H and O–H groups in total. The molecule has 1 atom stereocenters. The average molecular weight is 328 g/mol. The minimum Gasteiger partial charge on any atom is -0.296 e. The first-order valence-corrected chi connectivity index (χ1v) is 8.66. The van der Waals surface area contributed by atoms with Gasteiger partial charge in [-0.3, -0.25) is 18.1 Å². The van der Waals surface area contributed by atoms with Gasteiger partial charge < -0.3 is 0 Å². The van der Waals surface area contributed by atoms with Crippen molar-refractivity contribution in [3.63, 3.8) is 0 Å². The van der Waals surface area contributed by atoms with Crippen molar-refractivity contribution >= 4 is 21.7 Å². The molecule has 0 bridgehead atoms. The molecule has 2 aromatic carbocycles. The second kappa shape index (κ2) is 5.96. The van der Waals surface area contributed by atoms with E-state index in [9.17, 15) is 13.8 Å². The molecule has 0 aliphatic carbocycles. The second-order valence-corrected chi connectivity index (χ2v) is 6.67. The van der Waals surface area contributed by atoms with Crippen LogP contribution in [0, 0.1) is 0 Å². The van der Waals surface area contributed by atoms with Crippen LogP contribution in [0.15, 0.2) is 63.0 Å². The van der Waals surface area contributed by atoms with E-state index >= 15 is 0 Å². The van der Waals surface area contributed by atoms with Gasteiger partial charge in [-0.2, -0.15) is 0 Å². The zero-order valence-corrected chi connectivity index (χ0v) is 13.7. The molecule has 0 radical (unpaired) electrons. The highest BCUT2D eigenvalue weighted by molar-refractivity contribution is 7.84. The highest BCUT2D eigenvalue weighted by Gasteiger charge is 2.15. The van der Waals surface area contributed by atoms with Gasteiger partial charge in [0, 0.05) is 13.3 Å². The van der Waals surface area contributed by atoms with Crippen LogP contribution in [0.4, 0.5) is 0 Å². The standard InChI is InChI=1S/C17H16N2O3S/c1-18-13-9-6-10-14(23(2)22)15(13)16(20)19(17(18)21)11-12-7-4-3-5-8-12/h3-10H,11H2,1-2H3. The molecular formula is C17H16N2O3S. The van der Waals surface area contributed by atoms with E-state index in [4.69, 9.17) is 0 Å². The SMILES string of the molecule is Cn1c(=O)n(Cc2ccccc2)c(=O)c2c(S(C)=O)cccc21. The number of fused-ring (bicyclic) bond motifs is 1. The Morgan fingerprint density at radius 2 is 1.70 bits per heavy atom. The highest BCUT2D eigenvalue weighted by Crippen LogP contribution is 2.16. The molecule has 118 valence electrons. The van der Waals surface area contributed by atoms with Crippen molar-refractivity contribution in [1.29, 1.82) is 0 Å². The second-order valence-electron chi connectivity index (χ2n) is 5.32. The molecule has 3 rings (SSSR count). The summed E-state index contributed by atoms with van der Waals surface area (Å²) in [4.78, 5) is 25.8. The lowest BCUT2D eigenvalue weighted by atomic mass is 10.2. The lowest BCUT2D eigenvalue weighted by Gasteiger charge is -2.12. The van der Waals surface area contributed by atoms with E-state index in [0.717, 1.165) is 5.56 Å². The average Bonchev–Trinajstić information content (AvgIpc) is 2.57. The molecule has 1 aromatic heterocycles. The van der Waals surface area contributed by atoms with Gasteiger partial charge in [-0.25, -0.2) is 4.79 Å². The fraction of sp³-hybridized carbons (Fsp3) is 0.176. The molecule has 3 aromatic rings. The van der Waals surface area contributed by atoms with Crippen molar-refractivity contribution in [3.05, 3.63) is 74.9 Å². The summed E-state index contributed by atoms with van der Waals surface area (Å²) in [6.45, 7) is 0.187. The van der Waals surface area contributed by atoms with Crippen molar-refractivity contribution < 1.29 is 4.21 Å². The summed E-state index contributed by atoms with van der Waals surface area (Å²) in [6, 6.07) is 14.4. The number of nitrogens with zero attached hydrogens (tertiary/aromatic N) is 2. The van der Waals surface area contributed by atoms with Crippen molar-refractivity contribution in [3.8, 4) is 0 Å². The van der Waals surface area contributed by atoms with Crippen LogP contribution in [0.2, 0.25) is 0 Å². The fourth-order valence-corrected chi connectivity index (χ4v) is 3.41. The summed E-state index contributed by atoms with van der Waals surface area (Å²) in [7, 11) is 0.307. The quantitative estimate of drug-likeness (QED) is 0.732. The van der Waals surface area contributed by atoms with E-state index < -0.39 is 16.4 Å². The van der Waals surface area contributed by atoms with Crippen molar-refractivity contribution in [2.24, 2.45) is 7.05 Å². The topological polar surface area (TPSA) is 61.1 Å². The molecule has 0 amide bonds. The van der Waals surface area contributed by atoms with Crippen LogP contribution in [0.3, 0.4) is 0 Å². The number of aryl methyl sites for hydroxylation is 1. The van der Waals surface area contributed by atoms with Gasteiger partial charge in [0.25, 0.3) is 5.56 Å². The molecule has 1 heterocycles. The molecule has 0 fully saturated rings. The lowest BCUT2D eigenvalue weighted by molar-refractivity contribution is 0.658. The van der Waals surface area contributed by atoms with E-state index in [1.54, 1.807) is 25.2 Å². The number of hydrogen-bond acceptors (Lipinski definition) is 3. The summed E-state index contributed by atoms with van der Waals surface area (Å²) in [5, 5.41) is 0.339. The molecule has 0 aliphatic rings. The summed E-state index contributed by atoms with van der Waals surface area (Å²) in [6.07, 6.45) is 1.53. The molecule has 5 nitrogen and oxygen atoms in total. The van der Waals surface area contributed by atoms with Crippen LogP contribution < -0.4 is 11.2 Å². The number of aromatic nitrogens is 2. The van der Waals surface area contributed by atoms with Crippen LogP contribution in [0.1, 0.15) is 5.56 Å². The van der Waals surface area contributed by atoms with E-state index in [0.29, 0.717) is 15.8 Å². The van der Waals surface area contributed by atoms with Gasteiger partial charge in [0.2, 0.25) is 0 Å². The molecular weight excluding hydrogens is 312 g/mol.